The van der Waals surface area contributed by atoms with Crippen LogP contribution in [0.5, 0.6) is 0 Å². The van der Waals surface area contributed by atoms with Crippen molar-refractivity contribution in [3.05, 3.63) is 0 Å². The summed E-state index contributed by atoms with van der Waals surface area (Å²) in [6.07, 6.45) is 0.825. The summed E-state index contributed by atoms with van der Waals surface area (Å²) in [4.78, 5) is 0. The number of sulfone groups is 1. The Hall–Kier alpha value is 0.200. The number of quaternary nitrogens is 1. The minimum absolute atomic E-state index is 0. The maximum absolute atomic E-state index is 11.1. The SMILES string of the molecule is C[N+](C)(C)C1CCS(=O)(=O)C1.[Cl-]. The smallest absolute Gasteiger partial charge is 0.156 e. The molecule has 1 saturated heterocycles. The van der Waals surface area contributed by atoms with Gasteiger partial charge >= 0.3 is 0 Å². The number of halogens is 1. The molecule has 0 bridgehead atoms. The molecule has 3 nitrogen and oxygen atoms in total. The van der Waals surface area contributed by atoms with Crippen LogP contribution >= 0.6 is 0 Å². The zero-order chi connectivity index (χ0) is 8.70. The first-order valence-corrected chi connectivity index (χ1v) is 5.65. The fraction of sp³-hybridized carbons (Fsp3) is 1.00. The van der Waals surface area contributed by atoms with Gasteiger partial charge in [0.05, 0.1) is 26.9 Å². The van der Waals surface area contributed by atoms with Crippen molar-refractivity contribution in [2.75, 3.05) is 32.6 Å². The summed E-state index contributed by atoms with van der Waals surface area (Å²) in [6.45, 7) is 0. The molecule has 74 valence electrons. The first kappa shape index (κ1) is 12.2. The van der Waals surface area contributed by atoms with Gasteiger partial charge in [-0.3, -0.25) is 0 Å². The lowest BCUT2D eigenvalue weighted by molar-refractivity contribution is -0.892. The van der Waals surface area contributed by atoms with Gasteiger partial charge in [-0.1, -0.05) is 0 Å². The molecule has 1 unspecified atom stereocenters. The predicted octanol–water partition coefficient (Wildman–Crippen LogP) is -3.12. The zero-order valence-corrected chi connectivity index (χ0v) is 9.32. The van der Waals surface area contributed by atoms with Crippen LogP contribution in [-0.2, 0) is 9.84 Å². The maximum atomic E-state index is 11.1. The van der Waals surface area contributed by atoms with Gasteiger partial charge in [0.15, 0.2) is 9.84 Å². The van der Waals surface area contributed by atoms with E-state index in [-0.39, 0.29) is 12.4 Å². The fourth-order valence-corrected chi connectivity index (χ4v) is 3.38. The van der Waals surface area contributed by atoms with E-state index in [1.54, 1.807) is 0 Å². The van der Waals surface area contributed by atoms with Gasteiger partial charge in [-0.05, 0) is 0 Å². The van der Waals surface area contributed by atoms with Gasteiger partial charge in [0, 0.05) is 6.42 Å². The van der Waals surface area contributed by atoms with E-state index in [1.807, 2.05) is 21.1 Å². The van der Waals surface area contributed by atoms with E-state index in [9.17, 15) is 8.42 Å². The van der Waals surface area contributed by atoms with E-state index in [0.29, 0.717) is 17.5 Å². The van der Waals surface area contributed by atoms with Crippen LogP contribution in [0.25, 0.3) is 0 Å². The summed E-state index contributed by atoms with van der Waals surface area (Å²) in [6, 6.07) is 0.306. The first-order valence-electron chi connectivity index (χ1n) is 3.83. The van der Waals surface area contributed by atoms with Gasteiger partial charge in [0.2, 0.25) is 0 Å². The van der Waals surface area contributed by atoms with Gasteiger partial charge < -0.3 is 16.9 Å². The van der Waals surface area contributed by atoms with E-state index < -0.39 is 9.84 Å². The lowest BCUT2D eigenvalue weighted by atomic mass is 10.2. The van der Waals surface area contributed by atoms with Crippen LogP contribution in [0.15, 0.2) is 0 Å². The van der Waals surface area contributed by atoms with Crippen LogP contribution in [-0.4, -0.2) is 51.6 Å². The average Bonchev–Trinajstić information content (AvgIpc) is 2.07. The van der Waals surface area contributed by atoms with Crippen molar-refractivity contribution in [1.29, 1.82) is 0 Å². The van der Waals surface area contributed by atoms with E-state index in [2.05, 4.69) is 0 Å². The van der Waals surface area contributed by atoms with E-state index >= 15 is 0 Å². The molecule has 0 spiro atoms. The Balaban J connectivity index is 0.00000121. The van der Waals surface area contributed by atoms with Crippen LogP contribution in [0.1, 0.15) is 6.42 Å². The number of nitrogens with zero attached hydrogens (tertiary/aromatic N) is 1. The molecule has 1 aliphatic heterocycles. The van der Waals surface area contributed by atoms with Crippen LogP contribution in [0.3, 0.4) is 0 Å². The van der Waals surface area contributed by atoms with Crippen LogP contribution in [0.2, 0.25) is 0 Å². The van der Waals surface area contributed by atoms with Crippen LogP contribution in [0.4, 0.5) is 0 Å². The highest BCUT2D eigenvalue weighted by atomic mass is 35.5. The molecule has 5 heteroatoms. The van der Waals surface area contributed by atoms with Gasteiger partial charge in [-0.2, -0.15) is 0 Å². The Kier molecular flexibility index (Phi) is 3.58. The molecule has 1 fully saturated rings. The van der Waals surface area contributed by atoms with Gasteiger partial charge in [-0.25, -0.2) is 8.42 Å². The second kappa shape index (κ2) is 3.52. The molecule has 0 aliphatic carbocycles. The molecule has 1 heterocycles. The summed E-state index contributed by atoms with van der Waals surface area (Å²) < 4.78 is 22.9. The van der Waals surface area contributed by atoms with E-state index in [0.717, 1.165) is 10.9 Å². The molecular formula is C7H16ClNO2S. The lowest BCUT2D eigenvalue weighted by Crippen LogP contribution is -3.00. The molecule has 0 N–H and O–H groups in total. The molecule has 12 heavy (non-hydrogen) atoms. The summed E-state index contributed by atoms with van der Waals surface area (Å²) in [5.74, 6) is 0.754. The van der Waals surface area contributed by atoms with Gasteiger partial charge in [0.25, 0.3) is 0 Å². The van der Waals surface area contributed by atoms with Crippen molar-refractivity contribution in [2.24, 2.45) is 0 Å². The molecule has 1 aliphatic rings. The second-order valence-electron chi connectivity index (χ2n) is 4.17. The highest BCUT2D eigenvalue weighted by Gasteiger charge is 2.36. The largest absolute Gasteiger partial charge is 1.00 e. The summed E-state index contributed by atoms with van der Waals surface area (Å²) in [5, 5.41) is 0. The molecule has 0 aromatic carbocycles. The van der Waals surface area contributed by atoms with Crippen LogP contribution in [0, 0.1) is 0 Å². The third kappa shape index (κ3) is 2.92. The number of hydrogen-bond donors (Lipinski definition) is 0. The lowest BCUT2D eigenvalue weighted by Gasteiger charge is -2.30. The minimum atomic E-state index is -2.69. The minimum Gasteiger partial charge on any atom is -1.00 e. The van der Waals surface area contributed by atoms with Crippen molar-refractivity contribution >= 4 is 9.84 Å². The quantitative estimate of drug-likeness (QED) is 0.432. The Labute approximate surface area is 80.7 Å². The van der Waals surface area contributed by atoms with Crippen molar-refractivity contribution < 1.29 is 25.3 Å². The third-order valence-electron chi connectivity index (χ3n) is 2.30. The Bertz CT molecular complexity index is 243. The summed E-state index contributed by atoms with van der Waals surface area (Å²) >= 11 is 0. The molecule has 0 aromatic rings. The Morgan fingerprint density at radius 2 is 1.75 bits per heavy atom. The van der Waals surface area contributed by atoms with Crippen molar-refractivity contribution in [3.63, 3.8) is 0 Å². The predicted molar refractivity (Wildman–Crippen MR) is 45.1 cm³/mol. The van der Waals surface area contributed by atoms with Gasteiger partial charge in [0.1, 0.15) is 11.8 Å². The highest BCUT2D eigenvalue weighted by molar-refractivity contribution is 7.91. The van der Waals surface area contributed by atoms with E-state index in [4.69, 9.17) is 0 Å². The molecular weight excluding hydrogens is 198 g/mol. The first-order chi connectivity index (χ1) is 4.81. The zero-order valence-electron chi connectivity index (χ0n) is 7.75. The van der Waals surface area contributed by atoms with Crippen molar-refractivity contribution in [2.45, 2.75) is 12.5 Å². The van der Waals surface area contributed by atoms with Crippen LogP contribution < -0.4 is 12.4 Å². The standard InChI is InChI=1S/C7H16NO2S.ClH/c1-8(2,3)7-4-5-11(9,10)6-7;/h7H,4-6H2,1-3H3;1H/q+1;/p-1. The Morgan fingerprint density at radius 1 is 1.25 bits per heavy atom. The molecule has 0 amide bonds. The Morgan fingerprint density at radius 3 is 1.92 bits per heavy atom. The molecule has 1 atom stereocenters. The fourth-order valence-electron chi connectivity index (χ4n) is 1.39. The summed E-state index contributed by atoms with van der Waals surface area (Å²) in [5.41, 5.74) is 0. The number of hydrogen-bond acceptors (Lipinski definition) is 2. The van der Waals surface area contributed by atoms with Crippen molar-refractivity contribution in [1.82, 2.24) is 0 Å². The molecule has 0 radical (unpaired) electrons. The monoisotopic (exact) mass is 213 g/mol. The van der Waals surface area contributed by atoms with Crippen molar-refractivity contribution in [3.8, 4) is 0 Å². The molecule has 1 rings (SSSR count). The highest BCUT2D eigenvalue weighted by Crippen LogP contribution is 2.19. The third-order valence-corrected chi connectivity index (χ3v) is 4.05. The normalized spacial score (nSPS) is 28.1. The molecule has 0 saturated carbocycles. The van der Waals surface area contributed by atoms with Gasteiger partial charge in [-0.15, -0.1) is 0 Å². The number of rotatable bonds is 1. The van der Waals surface area contributed by atoms with E-state index in [1.165, 1.54) is 0 Å². The molecule has 0 aromatic heterocycles. The average molecular weight is 214 g/mol. The maximum Gasteiger partial charge on any atom is 0.156 e. The summed E-state index contributed by atoms with van der Waals surface area (Å²) in [7, 11) is 3.45. The topological polar surface area (TPSA) is 34.1 Å². The second-order valence-corrected chi connectivity index (χ2v) is 6.40.